The Kier molecular flexibility index (Phi) is 8.98. The molecule has 182 valence electrons. The molecule has 0 saturated carbocycles. The summed E-state index contributed by atoms with van der Waals surface area (Å²) in [4.78, 5) is 32.3. The van der Waals surface area contributed by atoms with E-state index in [0.29, 0.717) is 12.6 Å². The van der Waals surface area contributed by atoms with Gasteiger partial charge < -0.3 is 10.2 Å². The van der Waals surface area contributed by atoms with E-state index >= 15 is 0 Å². The summed E-state index contributed by atoms with van der Waals surface area (Å²) in [5.41, 5.74) is 1.58. The molecule has 0 aromatic heterocycles. The van der Waals surface area contributed by atoms with Crippen molar-refractivity contribution in [2.24, 2.45) is 0 Å². The highest BCUT2D eigenvalue weighted by molar-refractivity contribution is 7.99. The number of piperidine rings is 1. The molecule has 0 bridgehead atoms. The minimum absolute atomic E-state index is 0.00218. The van der Waals surface area contributed by atoms with E-state index in [-0.39, 0.29) is 11.8 Å². The van der Waals surface area contributed by atoms with Crippen LogP contribution in [0.25, 0.3) is 0 Å². The van der Waals surface area contributed by atoms with Gasteiger partial charge in [-0.05, 0) is 62.2 Å². The largest absolute Gasteiger partial charge is 0.339 e. The van der Waals surface area contributed by atoms with Gasteiger partial charge in [0.15, 0.2) is 0 Å². The molecule has 5 nitrogen and oxygen atoms in total. The first-order valence-electron chi connectivity index (χ1n) is 12.3. The van der Waals surface area contributed by atoms with Crippen molar-refractivity contribution in [3.05, 3.63) is 90.5 Å². The number of hydrogen-bond donors (Lipinski definition) is 1. The smallest absolute Gasteiger partial charge is 0.253 e. The van der Waals surface area contributed by atoms with Crippen molar-refractivity contribution in [2.45, 2.75) is 42.0 Å². The van der Waals surface area contributed by atoms with Crippen molar-refractivity contribution < 1.29 is 9.59 Å². The van der Waals surface area contributed by atoms with E-state index in [1.165, 1.54) is 0 Å². The number of benzene rings is 3. The summed E-state index contributed by atoms with van der Waals surface area (Å²) in [5.74, 6) is 0.0960. The molecule has 2 amide bonds. The van der Waals surface area contributed by atoms with Crippen LogP contribution >= 0.6 is 11.8 Å². The predicted octanol–water partition coefficient (Wildman–Crippen LogP) is 5.79. The Morgan fingerprint density at radius 2 is 1.54 bits per heavy atom. The first kappa shape index (κ1) is 25.0. The quantitative estimate of drug-likeness (QED) is 0.415. The van der Waals surface area contributed by atoms with Crippen LogP contribution in [0.15, 0.2) is 94.7 Å². The molecule has 4 rings (SSSR count). The lowest BCUT2D eigenvalue weighted by Crippen LogP contribution is -2.49. The molecule has 1 saturated heterocycles. The average Bonchev–Trinajstić information content (AvgIpc) is 2.90. The van der Waals surface area contributed by atoms with Gasteiger partial charge in [0.25, 0.3) is 5.91 Å². The number of amides is 2. The normalized spacial score (nSPS) is 14.2. The molecule has 1 fully saturated rings. The molecule has 3 aromatic carbocycles. The second-order valence-electron chi connectivity index (χ2n) is 8.82. The van der Waals surface area contributed by atoms with Crippen molar-refractivity contribution in [1.29, 1.82) is 0 Å². The van der Waals surface area contributed by atoms with E-state index in [2.05, 4.69) is 29.3 Å². The standard InChI is InChI=1S/C29H33N3O2S/c1-2-19-32(24-17-20-31(21-18-24)29(34)23-11-5-3-6-12-23)22-28(33)30-26-15-9-10-16-27(26)35-25-13-7-4-8-14-25/h3-16,24H,2,17-22H2,1H3,(H,30,33). The maximum absolute atomic E-state index is 13.1. The molecular formula is C29H33N3O2S. The second kappa shape index (κ2) is 12.6. The molecule has 0 aliphatic carbocycles. The third kappa shape index (κ3) is 6.96. The summed E-state index contributed by atoms with van der Waals surface area (Å²) in [5, 5.41) is 3.14. The Hall–Kier alpha value is -3.09. The number of hydrogen-bond acceptors (Lipinski definition) is 4. The number of likely N-dealkylation sites (tertiary alicyclic amines) is 1. The zero-order valence-electron chi connectivity index (χ0n) is 20.2. The van der Waals surface area contributed by atoms with Crippen LogP contribution in [0.3, 0.4) is 0 Å². The highest BCUT2D eigenvalue weighted by atomic mass is 32.2. The molecular weight excluding hydrogens is 454 g/mol. The maximum atomic E-state index is 13.1. The fourth-order valence-corrected chi connectivity index (χ4v) is 5.45. The molecule has 3 aromatic rings. The van der Waals surface area contributed by atoms with Gasteiger partial charge in [-0.3, -0.25) is 14.5 Å². The van der Waals surface area contributed by atoms with E-state index in [1.54, 1.807) is 11.8 Å². The lowest BCUT2D eigenvalue weighted by molar-refractivity contribution is -0.118. The monoisotopic (exact) mass is 487 g/mol. The summed E-state index contributed by atoms with van der Waals surface area (Å²) < 4.78 is 0. The van der Waals surface area contributed by atoms with Crippen LogP contribution in [-0.2, 0) is 4.79 Å². The van der Waals surface area contributed by atoms with E-state index in [1.807, 2.05) is 77.7 Å². The van der Waals surface area contributed by atoms with Crippen molar-refractivity contribution >= 4 is 29.3 Å². The first-order chi connectivity index (χ1) is 17.1. The second-order valence-corrected chi connectivity index (χ2v) is 9.93. The third-order valence-electron chi connectivity index (χ3n) is 6.28. The van der Waals surface area contributed by atoms with Gasteiger partial charge in [0, 0.05) is 34.5 Å². The van der Waals surface area contributed by atoms with Crippen molar-refractivity contribution in [1.82, 2.24) is 9.80 Å². The molecule has 0 unspecified atom stereocenters. The molecule has 1 N–H and O–H groups in total. The number of nitrogens with one attached hydrogen (secondary N) is 1. The van der Waals surface area contributed by atoms with Gasteiger partial charge in [-0.2, -0.15) is 0 Å². The zero-order chi connectivity index (χ0) is 24.5. The zero-order valence-corrected chi connectivity index (χ0v) is 21.0. The topological polar surface area (TPSA) is 52.7 Å². The van der Waals surface area contributed by atoms with Crippen LogP contribution in [0.1, 0.15) is 36.5 Å². The molecule has 1 aliphatic heterocycles. The molecule has 1 heterocycles. The number of rotatable bonds is 9. The highest BCUT2D eigenvalue weighted by Crippen LogP contribution is 2.33. The maximum Gasteiger partial charge on any atom is 0.253 e. The van der Waals surface area contributed by atoms with Crippen LogP contribution in [0.4, 0.5) is 5.69 Å². The average molecular weight is 488 g/mol. The van der Waals surface area contributed by atoms with E-state index in [0.717, 1.165) is 59.9 Å². The lowest BCUT2D eigenvalue weighted by atomic mass is 10.0. The fraction of sp³-hybridized carbons (Fsp3) is 0.310. The van der Waals surface area contributed by atoms with Crippen molar-refractivity contribution in [3.63, 3.8) is 0 Å². The minimum atomic E-state index is 0.00218. The van der Waals surface area contributed by atoms with Gasteiger partial charge in [0.1, 0.15) is 0 Å². The summed E-state index contributed by atoms with van der Waals surface area (Å²) in [7, 11) is 0. The molecule has 35 heavy (non-hydrogen) atoms. The van der Waals surface area contributed by atoms with Crippen molar-refractivity contribution in [2.75, 3.05) is 31.5 Å². The Bertz CT molecular complexity index is 1100. The third-order valence-corrected chi connectivity index (χ3v) is 7.36. The lowest BCUT2D eigenvalue weighted by Gasteiger charge is -2.38. The number of carbonyl (C=O) groups excluding carboxylic acids is 2. The Labute approximate surface area is 212 Å². The van der Waals surface area contributed by atoms with Gasteiger partial charge >= 0.3 is 0 Å². The van der Waals surface area contributed by atoms with Crippen LogP contribution in [0, 0.1) is 0 Å². The first-order valence-corrected chi connectivity index (χ1v) is 13.2. The summed E-state index contributed by atoms with van der Waals surface area (Å²) in [6, 6.07) is 27.9. The van der Waals surface area contributed by atoms with Crippen LogP contribution < -0.4 is 5.32 Å². The van der Waals surface area contributed by atoms with Gasteiger partial charge in [-0.25, -0.2) is 0 Å². The molecule has 1 aliphatic rings. The molecule has 0 radical (unpaired) electrons. The van der Waals surface area contributed by atoms with Crippen LogP contribution in [0.5, 0.6) is 0 Å². The van der Waals surface area contributed by atoms with Crippen molar-refractivity contribution in [3.8, 4) is 0 Å². The summed E-state index contributed by atoms with van der Waals surface area (Å²) in [6.45, 7) is 4.80. The Balaban J connectivity index is 1.34. The predicted molar refractivity (Wildman–Crippen MR) is 143 cm³/mol. The summed E-state index contributed by atoms with van der Waals surface area (Å²) >= 11 is 1.65. The SMILES string of the molecule is CCCN(CC(=O)Nc1ccccc1Sc1ccccc1)C1CCN(C(=O)c2ccccc2)CC1. The van der Waals surface area contributed by atoms with Gasteiger partial charge in [0.05, 0.1) is 12.2 Å². The summed E-state index contributed by atoms with van der Waals surface area (Å²) in [6.07, 6.45) is 2.75. The van der Waals surface area contributed by atoms with E-state index in [9.17, 15) is 9.59 Å². The van der Waals surface area contributed by atoms with Crippen LogP contribution in [-0.4, -0.2) is 53.8 Å². The number of nitrogens with zero attached hydrogens (tertiary/aromatic N) is 2. The number of carbonyl (C=O) groups is 2. The Morgan fingerprint density at radius 3 is 2.23 bits per heavy atom. The van der Waals surface area contributed by atoms with Gasteiger partial charge in [0.2, 0.25) is 5.91 Å². The highest BCUT2D eigenvalue weighted by Gasteiger charge is 2.28. The number of anilines is 1. The van der Waals surface area contributed by atoms with Gasteiger partial charge in [-0.1, -0.05) is 67.2 Å². The molecule has 6 heteroatoms. The molecule has 0 spiro atoms. The minimum Gasteiger partial charge on any atom is -0.339 e. The van der Waals surface area contributed by atoms with E-state index in [4.69, 9.17) is 0 Å². The van der Waals surface area contributed by atoms with Gasteiger partial charge in [-0.15, -0.1) is 0 Å². The number of para-hydroxylation sites is 1. The van der Waals surface area contributed by atoms with Crippen LogP contribution in [0.2, 0.25) is 0 Å². The fourth-order valence-electron chi connectivity index (χ4n) is 4.52. The van der Waals surface area contributed by atoms with E-state index < -0.39 is 0 Å². The molecule has 0 atom stereocenters. The Morgan fingerprint density at radius 1 is 0.914 bits per heavy atom.